The molecule has 0 unspecified atom stereocenters. The van der Waals surface area contributed by atoms with Gasteiger partial charge >= 0.3 is 0 Å². The van der Waals surface area contributed by atoms with Gasteiger partial charge in [-0.05, 0) is 30.2 Å². The molecule has 106 valence electrons. The molecule has 0 amide bonds. The Morgan fingerprint density at radius 1 is 1.05 bits per heavy atom. The lowest BCUT2D eigenvalue weighted by Crippen LogP contribution is -2.19. The monoisotopic (exact) mass is 339 g/mol. The van der Waals surface area contributed by atoms with E-state index in [4.69, 9.17) is 0 Å². The molecular weight excluding hydrogens is 324 g/mol. The summed E-state index contributed by atoms with van der Waals surface area (Å²) in [5, 5.41) is 0.433. The van der Waals surface area contributed by atoms with E-state index in [-0.39, 0.29) is 5.69 Å². The molecule has 0 bridgehead atoms. The molecule has 1 nitrogen and oxygen atoms in total. The number of nitrogens with zero attached hydrogens (tertiary/aromatic N) is 1. The van der Waals surface area contributed by atoms with Gasteiger partial charge in [0.2, 0.25) is 0 Å². The molecule has 0 N–H and O–H groups in total. The molecule has 0 radical (unpaired) electrons. The van der Waals surface area contributed by atoms with Crippen molar-refractivity contribution in [3.63, 3.8) is 0 Å². The highest BCUT2D eigenvalue weighted by atomic mass is 79.9. The van der Waals surface area contributed by atoms with Gasteiger partial charge < -0.3 is 4.90 Å². The molecule has 0 fully saturated rings. The van der Waals surface area contributed by atoms with Crippen LogP contribution in [0.2, 0.25) is 0 Å². The maximum Gasteiger partial charge on any atom is 0.149 e. The van der Waals surface area contributed by atoms with Crippen LogP contribution in [0.25, 0.3) is 0 Å². The Labute approximate surface area is 126 Å². The summed E-state index contributed by atoms with van der Waals surface area (Å²) in [5.74, 6) is -1.07. The van der Waals surface area contributed by atoms with Gasteiger partial charge in [-0.3, -0.25) is 0 Å². The Morgan fingerprint density at radius 3 is 2.25 bits per heavy atom. The predicted molar refractivity (Wildman–Crippen MR) is 82.3 cm³/mol. The first kappa shape index (κ1) is 15.0. The number of alkyl halides is 1. The van der Waals surface area contributed by atoms with Gasteiger partial charge in [0.15, 0.2) is 0 Å². The zero-order valence-electron chi connectivity index (χ0n) is 11.5. The third-order valence-electron chi connectivity index (χ3n) is 3.11. The van der Waals surface area contributed by atoms with E-state index in [0.29, 0.717) is 17.4 Å². The largest absolute Gasteiger partial charge is 0.366 e. The lowest BCUT2D eigenvalue weighted by atomic mass is 10.1. The first-order valence-electron chi connectivity index (χ1n) is 6.32. The average Bonchev–Trinajstić information content (AvgIpc) is 2.37. The number of halogens is 3. The van der Waals surface area contributed by atoms with Gasteiger partial charge in [0.1, 0.15) is 17.3 Å². The van der Waals surface area contributed by atoms with Crippen LogP contribution in [0.5, 0.6) is 0 Å². The van der Waals surface area contributed by atoms with Crippen LogP contribution in [-0.2, 0) is 11.9 Å². The van der Waals surface area contributed by atoms with Crippen molar-refractivity contribution in [3.05, 3.63) is 64.7 Å². The van der Waals surface area contributed by atoms with Crippen LogP contribution in [0.1, 0.15) is 16.7 Å². The van der Waals surface area contributed by atoms with Crippen molar-refractivity contribution in [2.75, 3.05) is 11.9 Å². The quantitative estimate of drug-likeness (QED) is 0.723. The molecule has 0 aromatic heterocycles. The van der Waals surface area contributed by atoms with Crippen LogP contribution < -0.4 is 4.90 Å². The summed E-state index contributed by atoms with van der Waals surface area (Å²) in [6.07, 6.45) is 0. The lowest BCUT2D eigenvalue weighted by Gasteiger charge is -2.21. The van der Waals surface area contributed by atoms with Crippen molar-refractivity contribution in [1.82, 2.24) is 0 Å². The van der Waals surface area contributed by atoms with E-state index < -0.39 is 11.6 Å². The van der Waals surface area contributed by atoms with E-state index in [9.17, 15) is 8.78 Å². The molecule has 0 spiro atoms. The minimum Gasteiger partial charge on any atom is -0.366 e. The summed E-state index contributed by atoms with van der Waals surface area (Å²) >= 11 is 3.20. The topological polar surface area (TPSA) is 3.24 Å². The normalized spacial score (nSPS) is 10.7. The van der Waals surface area contributed by atoms with E-state index in [1.807, 2.05) is 31.2 Å². The van der Waals surface area contributed by atoms with Gasteiger partial charge in [-0.15, -0.1) is 0 Å². The molecule has 0 saturated heterocycles. The zero-order valence-corrected chi connectivity index (χ0v) is 13.0. The van der Waals surface area contributed by atoms with Crippen molar-refractivity contribution < 1.29 is 8.78 Å². The Morgan fingerprint density at radius 2 is 1.70 bits per heavy atom. The Hall–Kier alpha value is -1.42. The van der Waals surface area contributed by atoms with Crippen molar-refractivity contribution in [2.24, 2.45) is 0 Å². The van der Waals surface area contributed by atoms with Crippen LogP contribution in [0.4, 0.5) is 14.5 Å². The van der Waals surface area contributed by atoms with Gasteiger partial charge in [0.25, 0.3) is 0 Å². The third-order valence-corrected chi connectivity index (χ3v) is 3.76. The zero-order chi connectivity index (χ0) is 14.7. The van der Waals surface area contributed by atoms with Crippen LogP contribution in [0, 0.1) is 18.6 Å². The first-order valence-corrected chi connectivity index (χ1v) is 7.44. The summed E-state index contributed by atoms with van der Waals surface area (Å²) in [6, 6.07) is 10.6. The first-order chi connectivity index (χ1) is 9.51. The number of anilines is 1. The minimum absolute atomic E-state index is 0.0104. The van der Waals surface area contributed by atoms with Gasteiger partial charge in [0.05, 0.1) is 0 Å². The Bertz CT molecular complexity index is 590. The second-order valence-corrected chi connectivity index (χ2v) is 5.45. The highest BCUT2D eigenvalue weighted by Gasteiger charge is 2.15. The highest BCUT2D eigenvalue weighted by molar-refractivity contribution is 9.08. The number of benzene rings is 2. The van der Waals surface area contributed by atoms with Crippen LogP contribution >= 0.6 is 15.9 Å². The van der Waals surface area contributed by atoms with E-state index in [1.165, 1.54) is 12.1 Å². The van der Waals surface area contributed by atoms with Crippen LogP contribution in [0.15, 0.2) is 36.4 Å². The van der Waals surface area contributed by atoms with Crippen molar-refractivity contribution in [2.45, 2.75) is 18.8 Å². The molecule has 4 heteroatoms. The molecule has 0 atom stereocenters. The van der Waals surface area contributed by atoms with E-state index in [1.54, 1.807) is 11.9 Å². The summed E-state index contributed by atoms with van der Waals surface area (Å²) in [5.41, 5.74) is 2.76. The lowest BCUT2D eigenvalue weighted by molar-refractivity contribution is 0.574. The molecule has 0 aliphatic carbocycles. The molecule has 0 saturated carbocycles. The summed E-state index contributed by atoms with van der Waals surface area (Å²) in [4.78, 5) is 1.59. The molecule has 20 heavy (non-hydrogen) atoms. The Balaban J connectivity index is 2.27. The van der Waals surface area contributed by atoms with E-state index in [0.717, 1.165) is 11.1 Å². The fourth-order valence-electron chi connectivity index (χ4n) is 2.22. The summed E-state index contributed by atoms with van der Waals surface area (Å²) in [7, 11) is 1.69. The van der Waals surface area contributed by atoms with Gasteiger partial charge in [0, 0.05) is 18.9 Å². The number of hydrogen-bond donors (Lipinski definition) is 0. The summed E-state index contributed by atoms with van der Waals surface area (Å²) in [6.45, 7) is 2.46. The maximum atomic E-state index is 14.0. The molecule has 0 heterocycles. The SMILES string of the molecule is Cc1cccc(CN(C)c2c(F)cc(CBr)cc2F)c1. The number of hydrogen-bond acceptors (Lipinski definition) is 1. The average molecular weight is 340 g/mol. The van der Waals surface area contributed by atoms with Gasteiger partial charge in [-0.2, -0.15) is 0 Å². The van der Waals surface area contributed by atoms with Crippen LogP contribution in [0.3, 0.4) is 0 Å². The van der Waals surface area contributed by atoms with Crippen molar-refractivity contribution in [3.8, 4) is 0 Å². The fourth-order valence-corrected chi connectivity index (χ4v) is 2.55. The van der Waals surface area contributed by atoms with E-state index in [2.05, 4.69) is 15.9 Å². The highest BCUT2D eigenvalue weighted by Crippen LogP contribution is 2.26. The molecule has 0 aliphatic heterocycles. The molecule has 2 rings (SSSR count). The molecule has 0 aliphatic rings. The van der Waals surface area contributed by atoms with E-state index >= 15 is 0 Å². The predicted octanol–water partition coefficient (Wildman–Crippen LogP) is 4.80. The van der Waals surface area contributed by atoms with Gasteiger partial charge in [-0.1, -0.05) is 45.8 Å². The second kappa shape index (κ2) is 6.35. The second-order valence-electron chi connectivity index (χ2n) is 4.89. The smallest absolute Gasteiger partial charge is 0.149 e. The fraction of sp³-hybridized carbons (Fsp3) is 0.250. The standard InChI is InChI=1S/C16H16BrF2N/c1-11-4-3-5-12(6-11)10-20(2)16-14(18)7-13(9-17)8-15(16)19/h3-8H,9-10H2,1-2H3. The van der Waals surface area contributed by atoms with Gasteiger partial charge in [-0.25, -0.2) is 8.78 Å². The van der Waals surface area contributed by atoms with Crippen molar-refractivity contribution >= 4 is 21.6 Å². The number of aryl methyl sites for hydroxylation is 1. The maximum absolute atomic E-state index is 14.0. The molecule has 2 aromatic carbocycles. The third kappa shape index (κ3) is 3.37. The van der Waals surface area contributed by atoms with Crippen LogP contribution in [-0.4, -0.2) is 7.05 Å². The number of rotatable bonds is 4. The summed E-state index contributed by atoms with van der Waals surface area (Å²) < 4.78 is 28.1. The molecule has 2 aromatic rings. The molecular formula is C16H16BrF2N. The van der Waals surface area contributed by atoms with Crippen molar-refractivity contribution in [1.29, 1.82) is 0 Å². The minimum atomic E-state index is -0.533. The Kier molecular flexibility index (Phi) is 4.76.